The van der Waals surface area contributed by atoms with E-state index < -0.39 is 0 Å². The zero-order chi connectivity index (χ0) is 8.85. The molecule has 0 N–H and O–H groups in total. The highest BCUT2D eigenvalue weighted by Gasteiger charge is 2.07. The van der Waals surface area contributed by atoms with Crippen molar-refractivity contribution < 1.29 is 9.53 Å². The van der Waals surface area contributed by atoms with Crippen LogP contribution in [0.5, 0.6) is 0 Å². The topological polar surface area (TPSA) is 26.3 Å². The maximum atomic E-state index is 10.9. The molecule has 1 unspecified atom stereocenters. The van der Waals surface area contributed by atoms with Crippen LogP contribution in [0, 0.1) is 0 Å². The summed E-state index contributed by atoms with van der Waals surface area (Å²) >= 11 is 0. The minimum absolute atomic E-state index is 0.100. The summed E-state index contributed by atoms with van der Waals surface area (Å²) in [7, 11) is 0. The summed E-state index contributed by atoms with van der Waals surface area (Å²) in [5.74, 6) is -0.334. The molecule has 0 aliphatic heterocycles. The molecule has 62 valence electrons. The molecule has 0 aromatic rings. The Bertz CT molecular complexity index is 170. The Morgan fingerprint density at radius 3 is 2.64 bits per heavy atom. The number of rotatable bonds is 4. The molecule has 0 aliphatic carbocycles. The van der Waals surface area contributed by atoms with Crippen molar-refractivity contribution >= 4 is 5.97 Å². The Kier molecular flexibility index (Phi) is 4.27. The molecule has 0 heterocycles. The summed E-state index contributed by atoms with van der Waals surface area (Å²) in [5, 5.41) is 0. The molecule has 0 aliphatic rings. The van der Waals surface area contributed by atoms with Crippen LogP contribution < -0.4 is 0 Å². The van der Waals surface area contributed by atoms with E-state index in [-0.39, 0.29) is 12.1 Å². The van der Waals surface area contributed by atoms with E-state index in [2.05, 4.69) is 13.2 Å². The summed E-state index contributed by atoms with van der Waals surface area (Å²) in [6, 6.07) is 0. The molecular formula is C9H14O2. The second-order valence-electron chi connectivity index (χ2n) is 2.52. The van der Waals surface area contributed by atoms with Crippen LogP contribution in [0.25, 0.3) is 0 Å². The fraction of sp³-hybridized carbons (Fsp3) is 0.444. The monoisotopic (exact) mass is 154 g/mol. The van der Waals surface area contributed by atoms with E-state index in [1.807, 2.05) is 6.92 Å². The van der Waals surface area contributed by atoms with Gasteiger partial charge in [0.25, 0.3) is 0 Å². The second-order valence-corrected chi connectivity index (χ2v) is 2.52. The molecule has 0 bridgehead atoms. The van der Waals surface area contributed by atoms with Gasteiger partial charge in [0.15, 0.2) is 0 Å². The van der Waals surface area contributed by atoms with Gasteiger partial charge in [0, 0.05) is 12.0 Å². The van der Waals surface area contributed by atoms with Crippen LogP contribution in [0.3, 0.4) is 0 Å². The number of hydrogen-bond donors (Lipinski definition) is 0. The van der Waals surface area contributed by atoms with Crippen LogP contribution in [0.15, 0.2) is 24.8 Å². The van der Waals surface area contributed by atoms with Gasteiger partial charge in [-0.3, -0.25) is 0 Å². The first kappa shape index (κ1) is 9.95. The summed E-state index contributed by atoms with van der Waals surface area (Å²) in [6.45, 7) is 10.5. The molecule has 11 heavy (non-hydrogen) atoms. The van der Waals surface area contributed by atoms with Gasteiger partial charge in [0.2, 0.25) is 0 Å². The van der Waals surface area contributed by atoms with Crippen molar-refractivity contribution in [1.29, 1.82) is 0 Å². The van der Waals surface area contributed by atoms with Gasteiger partial charge >= 0.3 is 5.97 Å². The molecular weight excluding hydrogens is 140 g/mol. The fourth-order valence-corrected chi connectivity index (χ4v) is 0.566. The summed E-state index contributed by atoms with van der Waals surface area (Å²) in [6.07, 6.45) is 2.30. The van der Waals surface area contributed by atoms with Gasteiger partial charge < -0.3 is 4.74 Å². The summed E-state index contributed by atoms with van der Waals surface area (Å²) < 4.78 is 4.94. The normalized spacial score (nSPS) is 11.8. The van der Waals surface area contributed by atoms with Crippen LogP contribution in [-0.2, 0) is 9.53 Å². The minimum atomic E-state index is -0.334. The molecule has 0 aromatic heterocycles. The van der Waals surface area contributed by atoms with Crippen molar-refractivity contribution in [2.45, 2.75) is 26.4 Å². The highest BCUT2D eigenvalue weighted by Crippen LogP contribution is 2.01. The van der Waals surface area contributed by atoms with E-state index in [1.54, 1.807) is 13.0 Å². The van der Waals surface area contributed by atoms with E-state index in [4.69, 9.17) is 4.74 Å². The van der Waals surface area contributed by atoms with E-state index in [1.165, 1.54) is 0 Å². The number of carbonyl (C=O) groups excluding carboxylic acids is 1. The standard InChI is InChI=1S/C9H14O2/c1-5-6-8(4)11-9(10)7(2)3/h5,8H,1-2,6H2,3-4H3. The fourth-order valence-electron chi connectivity index (χ4n) is 0.566. The number of hydrogen-bond acceptors (Lipinski definition) is 2. The van der Waals surface area contributed by atoms with Gasteiger partial charge in [-0.05, 0) is 13.8 Å². The molecule has 0 saturated heterocycles. The second kappa shape index (κ2) is 4.72. The quantitative estimate of drug-likeness (QED) is 0.352. The lowest BCUT2D eigenvalue weighted by Crippen LogP contribution is -2.14. The van der Waals surface area contributed by atoms with E-state index in [0.717, 1.165) is 0 Å². The zero-order valence-electron chi connectivity index (χ0n) is 7.09. The SMILES string of the molecule is C=CCC(C)OC(=O)C(=C)C. The predicted octanol–water partition coefficient (Wildman–Crippen LogP) is 2.07. The van der Waals surface area contributed by atoms with Crippen molar-refractivity contribution in [1.82, 2.24) is 0 Å². The number of esters is 1. The van der Waals surface area contributed by atoms with Crippen molar-refractivity contribution in [3.8, 4) is 0 Å². The lowest BCUT2D eigenvalue weighted by molar-refractivity contribution is -0.143. The van der Waals surface area contributed by atoms with E-state index >= 15 is 0 Å². The first-order chi connectivity index (χ1) is 5.07. The van der Waals surface area contributed by atoms with Crippen molar-refractivity contribution in [2.75, 3.05) is 0 Å². The third kappa shape index (κ3) is 4.37. The van der Waals surface area contributed by atoms with Crippen LogP contribution in [0.2, 0.25) is 0 Å². The molecule has 0 saturated carbocycles. The van der Waals surface area contributed by atoms with E-state index in [9.17, 15) is 4.79 Å². The Balaban J connectivity index is 3.74. The maximum Gasteiger partial charge on any atom is 0.333 e. The van der Waals surface area contributed by atoms with Gasteiger partial charge in [0.05, 0.1) is 0 Å². The first-order valence-electron chi connectivity index (χ1n) is 3.55. The molecule has 1 atom stereocenters. The molecule has 0 fully saturated rings. The average molecular weight is 154 g/mol. The Morgan fingerprint density at radius 1 is 1.73 bits per heavy atom. The molecule has 0 spiro atoms. The Hall–Kier alpha value is -1.05. The Morgan fingerprint density at radius 2 is 2.27 bits per heavy atom. The number of carbonyl (C=O) groups is 1. The predicted molar refractivity (Wildman–Crippen MR) is 45.2 cm³/mol. The van der Waals surface area contributed by atoms with Gasteiger partial charge in [-0.15, -0.1) is 6.58 Å². The molecule has 2 heteroatoms. The Labute approximate surface area is 67.6 Å². The van der Waals surface area contributed by atoms with Gasteiger partial charge in [-0.1, -0.05) is 12.7 Å². The highest BCUT2D eigenvalue weighted by molar-refractivity contribution is 5.87. The minimum Gasteiger partial charge on any atom is -0.459 e. The van der Waals surface area contributed by atoms with Gasteiger partial charge in [-0.2, -0.15) is 0 Å². The van der Waals surface area contributed by atoms with Crippen molar-refractivity contribution in [2.24, 2.45) is 0 Å². The highest BCUT2D eigenvalue weighted by atomic mass is 16.5. The van der Waals surface area contributed by atoms with Crippen molar-refractivity contribution in [3.63, 3.8) is 0 Å². The largest absolute Gasteiger partial charge is 0.459 e. The average Bonchev–Trinajstić information content (AvgIpc) is 1.87. The lowest BCUT2D eigenvalue weighted by atomic mass is 10.3. The van der Waals surface area contributed by atoms with Gasteiger partial charge in [0.1, 0.15) is 6.10 Å². The first-order valence-corrected chi connectivity index (χ1v) is 3.55. The molecule has 0 radical (unpaired) electrons. The van der Waals surface area contributed by atoms with Gasteiger partial charge in [-0.25, -0.2) is 4.79 Å². The third-order valence-corrected chi connectivity index (χ3v) is 1.16. The molecule has 0 rings (SSSR count). The van der Waals surface area contributed by atoms with Crippen LogP contribution in [0.1, 0.15) is 20.3 Å². The molecule has 0 amide bonds. The molecule has 2 nitrogen and oxygen atoms in total. The van der Waals surface area contributed by atoms with Crippen LogP contribution in [-0.4, -0.2) is 12.1 Å². The summed E-state index contributed by atoms with van der Waals surface area (Å²) in [4.78, 5) is 10.9. The van der Waals surface area contributed by atoms with E-state index in [0.29, 0.717) is 12.0 Å². The maximum absolute atomic E-state index is 10.9. The van der Waals surface area contributed by atoms with Crippen LogP contribution >= 0.6 is 0 Å². The third-order valence-electron chi connectivity index (χ3n) is 1.16. The number of ether oxygens (including phenoxy) is 1. The zero-order valence-corrected chi connectivity index (χ0v) is 7.09. The summed E-state index contributed by atoms with van der Waals surface area (Å²) in [5.41, 5.74) is 0.431. The van der Waals surface area contributed by atoms with Crippen LogP contribution in [0.4, 0.5) is 0 Å². The van der Waals surface area contributed by atoms with Crippen molar-refractivity contribution in [3.05, 3.63) is 24.8 Å². The lowest BCUT2D eigenvalue weighted by Gasteiger charge is -2.09. The smallest absolute Gasteiger partial charge is 0.333 e. The molecule has 0 aromatic carbocycles.